The molecule has 10 heteroatoms. The van der Waals surface area contributed by atoms with Crippen molar-refractivity contribution in [1.82, 2.24) is 15.1 Å². The largest absolute Gasteiger partial charge is 0.458 e. The Bertz CT molecular complexity index is 1200. The van der Waals surface area contributed by atoms with Gasteiger partial charge in [-0.1, -0.05) is 31.0 Å². The van der Waals surface area contributed by atoms with Gasteiger partial charge in [-0.3, -0.25) is 14.5 Å². The van der Waals surface area contributed by atoms with Gasteiger partial charge in [0.25, 0.3) is 5.91 Å². The number of furan rings is 1. The van der Waals surface area contributed by atoms with Gasteiger partial charge in [0.1, 0.15) is 17.9 Å². The molecule has 0 bridgehead atoms. The van der Waals surface area contributed by atoms with Crippen molar-refractivity contribution < 1.29 is 27.2 Å². The summed E-state index contributed by atoms with van der Waals surface area (Å²) in [5, 5.41) is 3.49. The molecule has 3 heterocycles. The van der Waals surface area contributed by atoms with Gasteiger partial charge in [0, 0.05) is 17.5 Å². The molecule has 1 saturated carbocycles. The molecule has 2 aromatic rings. The van der Waals surface area contributed by atoms with Gasteiger partial charge in [0.2, 0.25) is 5.91 Å². The highest BCUT2D eigenvalue weighted by Crippen LogP contribution is 2.34. The lowest BCUT2D eigenvalue weighted by Crippen LogP contribution is -2.51. The van der Waals surface area contributed by atoms with Crippen molar-refractivity contribution in [1.29, 1.82) is 0 Å². The predicted octanol–water partition coefficient (Wildman–Crippen LogP) is 2.16. The van der Waals surface area contributed by atoms with E-state index in [1.54, 1.807) is 24.0 Å². The van der Waals surface area contributed by atoms with Crippen molar-refractivity contribution in [2.24, 2.45) is 0 Å². The number of nitrogens with zero attached hydrogens (tertiary/aromatic N) is 2. The first-order valence-corrected chi connectivity index (χ1v) is 13.1. The maximum atomic E-state index is 13.4. The van der Waals surface area contributed by atoms with Crippen LogP contribution in [0.1, 0.15) is 44.8 Å². The molecule has 0 spiro atoms. The Labute approximate surface area is 192 Å². The van der Waals surface area contributed by atoms with E-state index < -0.39 is 39.9 Å². The van der Waals surface area contributed by atoms with Gasteiger partial charge in [-0.05, 0) is 38.3 Å². The number of carbonyl (C=O) groups is 3. The Balaban J connectivity index is 1.38. The van der Waals surface area contributed by atoms with Gasteiger partial charge < -0.3 is 14.6 Å². The maximum absolute atomic E-state index is 13.4. The molecule has 1 aliphatic carbocycles. The highest BCUT2D eigenvalue weighted by Gasteiger charge is 2.52. The SMILES string of the molecule is C[C@]1(c2cc3ccccc3o2)NC(=O)N(CC(=O)N(C2CCCC2)[C@H]2CCS(=O)(=O)C2)C1=O. The lowest BCUT2D eigenvalue weighted by Gasteiger charge is -2.35. The lowest BCUT2D eigenvalue weighted by atomic mass is 9.99. The Morgan fingerprint density at radius 3 is 2.58 bits per heavy atom. The minimum Gasteiger partial charge on any atom is -0.458 e. The number of fused-ring (bicyclic) bond motifs is 1. The van der Waals surface area contributed by atoms with Crippen molar-refractivity contribution in [2.45, 2.75) is 56.7 Å². The fourth-order valence-electron chi connectivity index (χ4n) is 5.34. The van der Waals surface area contributed by atoms with Crippen LogP contribution in [0.25, 0.3) is 11.0 Å². The van der Waals surface area contributed by atoms with Crippen molar-refractivity contribution in [3.63, 3.8) is 0 Å². The van der Waals surface area contributed by atoms with E-state index in [4.69, 9.17) is 4.42 Å². The molecule has 0 unspecified atom stereocenters. The molecule has 1 N–H and O–H groups in total. The Morgan fingerprint density at radius 2 is 1.91 bits per heavy atom. The minimum absolute atomic E-state index is 0.0570. The molecule has 2 saturated heterocycles. The number of carbonyl (C=O) groups excluding carboxylic acids is 3. The van der Waals surface area contributed by atoms with Gasteiger partial charge in [0.05, 0.1) is 11.5 Å². The summed E-state index contributed by atoms with van der Waals surface area (Å²) in [6.45, 7) is 1.14. The summed E-state index contributed by atoms with van der Waals surface area (Å²) < 4.78 is 30.0. The monoisotopic (exact) mass is 473 g/mol. The molecule has 1 aromatic heterocycles. The number of amides is 4. The second-order valence-corrected chi connectivity index (χ2v) is 11.6. The Hall–Kier alpha value is -2.88. The molecular formula is C23H27N3O6S. The van der Waals surface area contributed by atoms with Gasteiger partial charge in [-0.15, -0.1) is 0 Å². The van der Waals surface area contributed by atoms with Crippen LogP contribution in [0.15, 0.2) is 34.7 Å². The highest BCUT2D eigenvalue weighted by atomic mass is 32.2. The molecular weight excluding hydrogens is 446 g/mol. The van der Waals surface area contributed by atoms with Crippen LogP contribution < -0.4 is 5.32 Å². The summed E-state index contributed by atoms with van der Waals surface area (Å²) in [5.41, 5.74) is -0.828. The van der Waals surface area contributed by atoms with Gasteiger partial charge in [0.15, 0.2) is 15.4 Å². The summed E-state index contributed by atoms with van der Waals surface area (Å²) in [4.78, 5) is 42.1. The van der Waals surface area contributed by atoms with Crippen molar-refractivity contribution in [3.8, 4) is 0 Å². The Kier molecular flexibility index (Phi) is 5.23. The summed E-state index contributed by atoms with van der Waals surface area (Å²) >= 11 is 0. The van der Waals surface area contributed by atoms with E-state index in [2.05, 4.69) is 5.32 Å². The lowest BCUT2D eigenvalue weighted by molar-refractivity contribution is -0.141. The molecule has 176 valence electrons. The number of para-hydroxylation sites is 1. The molecule has 1 aromatic carbocycles. The second-order valence-electron chi connectivity index (χ2n) is 9.39. The first-order chi connectivity index (χ1) is 15.7. The number of hydrogen-bond acceptors (Lipinski definition) is 6. The van der Waals surface area contributed by atoms with Crippen LogP contribution in [0.3, 0.4) is 0 Å². The molecule has 3 aliphatic rings. The van der Waals surface area contributed by atoms with Gasteiger partial charge >= 0.3 is 6.03 Å². The standard InChI is InChI=1S/C23H27N3O6S/c1-23(19-12-15-6-2-5-9-18(15)32-19)21(28)25(22(29)24-23)13-20(27)26(16-7-3-4-8-16)17-10-11-33(30,31)14-17/h2,5-6,9,12,16-17H,3-4,7-8,10-11,13-14H2,1H3,(H,24,29)/t17-,23+/m0/s1. The molecule has 3 fully saturated rings. The molecule has 2 atom stereocenters. The summed E-state index contributed by atoms with van der Waals surface area (Å²) in [5.74, 6) is -0.661. The molecule has 4 amide bonds. The third-order valence-electron chi connectivity index (χ3n) is 7.09. The average Bonchev–Trinajstić information content (AvgIpc) is 3.54. The summed E-state index contributed by atoms with van der Waals surface area (Å²) in [7, 11) is -3.19. The molecule has 9 nitrogen and oxygen atoms in total. The highest BCUT2D eigenvalue weighted by molar-refractivity contribution is 7.91. The van der Waals surface area contributed by atoms with E-state index in [1.807, 2.05) is 18.2 Å². The zero-order valence-corrected chi connectivity index (χ0v) is 19.3. The third-order valence-corrected chi connectivity index (χ3v) is 8.84. The van der Waals surface area contributed by atoms with Crippen LogP contribution in [0.4, 0.5) is 4.79 Å². The minimum atomic E-state index is -3.19. The molecule has 0 radical (unpaired) electrons. The van der Waals surface area contributed by atoms with Crippen LogP contribution >= 0.6 is 0 Å². The first-order valence-electron chi connectivity index (χ1n) is 11.3. The van der Waals surface area contributed by atoms with Crippen molar-refractivity contribution in [3.05, 3.63) is 36.1 Å². The van der Waals surface area contributed by atoms with Crippen LogP contribution in [0.2, 0.25) is 0 Å². The van der Waals surface area contributed by atoms with Crippen LogP contribution in [-0.4, -0.2) is 66.2 Å². The van der Waals surface area contributed by atoms with E-state index >= 15 is 0 Å². The van der Waals surface area contributed by atoms with Crippen molar-refractivity contribution >= 4 is 38.7 Å². The van der Waals surface area contributed by atoms with Crippen LogP contribution in [0, 0.1) is 0 Å². The average molecular weight is 474 g/mol. The number of benzene rings is 1. The number of urea groups is 1. The topological polar surface area (TPSA) is 117 Å². The smallest absolute Gasteiger partial charge is 0.325 e. The maximum Gasteiger partial charge on any atom is 0.325 e. The van der Waals surface area contributed by atoms with E-state index in [1.165, 1.54) is 0 Å². The zero-order chi connectivity index (χ0) is 23.4. The quantitative estimate of drug-likeness (QED) is 0.665. The van der Waals surface area contributed by atoms with Crippen LogP contribution in [-0.2, 0) is 25.0 Å². The number of imide groups is 1. The van der Waals surface area contributed by atoms with E-state index in [0.717, 1.165) is 36.0 Å². The Morgan fingerprint density at radius 1 is 1.18 bits per heavy atom. The molecule has 2 aliphatic heterocycles. The van der Waals surface area contributed by atoms with E-state index in [-0.39, 0.29) is 23.5 Å². The van der Waals surface area contributed by atoms with E-state index in [0.29, 0.717) is 17.8 Å². The summed E-state index contributed by atoms with van der Waals surface area (Å²) in [6.07, 6.45) is 3.95. The number of nitrogens with one attached hydrogen (secondary N) is 1. The number of hydrogen-bond donors (Lipinski definition) is 1. The summed E-state index contributed by atoms with van der Waals surface area (Å²) in [6, 6.07) is 7.88. The predicted molar refractivity (Wildman–Crippen MR) is 120 cm³/mol. The third kappa shape index (κ3) is 3.80. The molecule has 33 heavy (non-hydrogen) atoms. The van der Waals surface area contributed by atoms with E-state index in [9.17, 15) is 22.8 Å². The number of rotatable bonds is 5. The van der Waals surface area contributed by atoms with Gasteiger partial charge in [-0.25, -0.2) is 13.2 Å². The van der Waals surface area contributed by atoms with Crippen molar-refractivity contribution in [2.75, 3.05) is 18.1 Å². The molecule has 5 rings (SSSR count). The fourth-order valence-corrected chi connectivity index (χ4v) is 7.05. The van der Waals surface area contributed by atoms with Gasteiger partial charge in [-0.2, -0.15) is 0 Å². The van der Waals surface area contributed by atoms with Crippen LogP contribution in [0.5, 0.6) is 0 Å². The number of sulfone groups is 1. The zero-order valence-electron chi connectivity index (χ0n) is 18.5. The normalized spacial score (nSPS) is 27.4. The fraction of sp³-hybridized carbons (Fsp3) is 0.522. The first kappa shape index (κ1) is 21.9. The second kappa shape index (κ2) is 7.86.